The lowest BCUT2D eigenvalue weighted by Crippen LogP contribution is -2.36. The molecule has 0 radical (unpaired) electrons. The van der Waals surface area contributed by atoms with Gasteiger partial charge in [-0.2, -0.15) is 5.26 Å². The van der Waals surface area contributed by atoms with Crippen molar-refractivity contribution in [1.82, 2.24) is 9.80 Å². The van der Waals surface area contributed by atoms with Crippen molar-refractivity contribution in [1.29, 1.82) is 5.26 Å². The van der Waals surface area contributed by atoms with E-state index in [9.17, 15) is 0 Å². The zero-order valence-corrected chi connectivity index (χ0v) is 12.7. The van der Waals surface area contributed by atoms with Gasteiger partial charge in [-0.15, -0.1) is 0 Å². The van der Waals surface area contributed by atoms with Gasteiger partial charge in [0.1, 0.15) is 5.75 Å². The Morgan fingerprint density at radius 1 is 1.29 bits per heavy atom. The molecule has 0 aliphatic carbocycles. The fraction of sp³-hybridized carbons (Fsp3) is 0.588. The van der Waals surface area contributed by atoms with Crippen LogP contribution in [0.4, 0.5) is 0 Å². The van der Waals surface area contributed by atoms with Crippen LogP contribution in [0.5, 0.6) is 5.75 Å². The number of nitriles is 1. The summed E-state index contributed by atoms with van der Waals surface area (Å²) in [6.07, 6.45) is 3.90. The van der Waals surface area contributed by atoms with Crippen molar-refractivity contribution in [2.45, 2.75) is 31.8 Å². The highest BCUT2D eigenvalue weighted by molar-refractivity contribution is 5.42. The van der Waals surface area contributed by atoms with Crippen LogP contribution in [0, 0.1) is 11.3 Å². The van der Waals surface area contributed by atoms with Crippen molar-refractivity contribution >= 4 is 0 Å². The van der Waals surface area contributed by atoms with E-state index >= 15 is 0 Å². The van der Waals surface area contributed by atoms with E-state index in [-0.39, 0.29) is 0 Å². The van der Waals surface area contributed by atoms with Crippen LogP contribution in [0.1, 0.15) is 30.4 Å². The number of rotatable bonds is 3. The van der Waals surface area contributed by atoms with E-state index < -0.39 is 0 Å². The smallest absolute Gasteiger partial charge is 0.123 e. The summed E-state index contributed by atoms with van der Waals surface area (Å²) in [7, 11) is 1.70. The molecule has 21 heavy (non-hydrogen) atoms. The van der Waals surface area contributed by atoms with E-state index in [0.29, 0.717) is 5.56 Å². The predicted molar refractivity (Wildman–Crippen MR) is 82.2 cm³/mol. The number of nitrogens with zero attached hydrogens (tertiary/aromatic N) is 3. The second-order valence-corrected chi connectivity index (χ2v) is 6.06. The molecule has 0 N–H and O–H groups in total. The molecular weight excluding hydrogens is 262 g/mol. The van der Waals surface area contributed by atoms with Crippen LogP contribution in [0.15, 0.2) is 18.2 Å². The Morgan fingerprint density at radius 3 is 2.95 bits per heavy atom. The molecule has 1 unspecified atom stereocenters. The summed E-state index contributed by atoms with van der Waals surface area (Å²) < 4.78 is 5.46. The van der Waals surface area contributed by atoms with E-state index in [1.54, 1.807) is 7.11 Å². The van der Waals surface area contributed by atoms with Crippen LogP contribution in [0.3, 0.4) is 0 Å². The van der Waals surface area contributed by atoms with Crippen LogP contribution in [-0.2, 0) is 6.54 Å². The number of benzene rings is 1. The van der Waals surface area contributed by atoms with Gasteiger partial charge in [-0.1, -0.05) is 0 Å². The van der Waals surface area contributed by atoms with Gasteiger partial charge in [-0.25, -0.2) is 0 Å². The van der Waals surface area contributed by atoms with Crippen molar-refractivity contribution in [2.75, 3.05) is 33.3 Å². The monoisotopic (exact) mass is 285 g/mol. The SMILES string of the molecule is COc1ccc(C#N)cc1CN1CCCN2CCCC2C1. The predicted octanol–water partition coefficient (Wildman–Crippen LogP) is 2.24. The molecule has 0 spiro atoms. The lowest BCUT2D eigenvalue weighted by molar-refractivity contribution is 0.214. The summed E-state index contributed by atoms with van der Waals surface area (Å²) in [5.74, 6) is 0.890. The van der Waals surface area contributed by atoms with Crippen LogP contribution in [-0.4, -0.2) is 49.1 Å². The summed E-state index contributed by atoms with van der Waals surface area (Å²) in [5, 5.41) is 9.09. The average Bonchev–Trinajstić information content (AvgIpc) is 2.86. The van der Waals surface area contributed by atoms with Gasteiger partial charge in [-0.3, -0.25) is 9.80 Å². The Labute approximate surface area is 126 Å². The summed E-state index contributed by atoms with van der Waals surface area (Å²) in [6, 6.07) is 8.64. The highest BCUT2D eigenvalue weighted by atomic mass is 16.5. The van der Waals surface area contributed by atoms with Gasteiger partial charge in [0.25, 0.3) is 0 Å². The average molecular weight is 285 g/mol. The van der Waals surface area contributed by atoms with Crippen LogP contribution in [0.2, 0.25) is 0 Å². The Bertz CT molecular complexity index is 537. The third kappa shape index (κ3) is 3.20. The lowest BCUT2D eigenvalue weighted by atomic mass is 10.1. The Balaban J connectivity index is 1.74. The summed E-state index contributed by atoms with van der Waals surface area (Å²) in [6.45, 7) is 5.65. The molecule has 0 aromatic heterocycles. The zero-order chi connectivity index (χ0) is 14.7. The Hall–Kier alpha value is -1.57. The van der Waals surface area contributed by atoms with E-state index in [0.717, 1.165) is 37.0 Å². The number of hydrogen-bond acceptors (Lipinski definition) is 4. The van der Waals surface area contributed by atoms with Gasteiger partial charge >= 0.3 is 0 Å². The number of ether oxygens (including phenoxy) is 1. The first kappa shape index (κ1) is 14.4. The lowest BCUT2D eigenvalue weighted by Gasteiger charge is -2.26. The van der Waals surface area contributed by atoms with Gasteiger partial charge < -0.3 is 4.74 Å². The van der Waals surface area contributed by atoms with Gasteiger partial charge in [0.05, 0.1) is 18.7 Å². The van der Waals surface area contributed by atoms with E-state index in [2.05, 4.69) is 15.9 Å². The first-order chi connectivity index (χ1) is 10.3. The van der Waals surface area contributed by atoms with Crippen LogP contribution < -0.4 is 4.74 Å². The number of fused-ring (bicyclic) bond motifs is 1. The van der Waals surface area contributed by atoms with E-state index in [4.69, 9.17) is 10.00 Å². The molecule has 2 aliphatic heterocycles. The van der Waals surface area contributed by atoms with Crippen molar-refractivity contribution in [3.05, 3.63) is 29.3 Å². The fourth-order valence-corrected chi connectivity index (χ4v) is 3.64. The molecule has 3 rings (SSSR count). The third-order valence-corrected chi connectivity index (χ3v) is 4.69. The maximum absolute atomic E-state index is 9.09. The minimum Gasteiger partial charge on any atom is -0.496 e. The molecule has 2 fully saturated rings. The standard InChI is InChI=1S/C17H23N3O/c1-21-17-6-5-14(11-18)10-15(17)12-19-7-3-9-20-8-2-4-16(20)13-19/h5-6,10,16H,2-4,7-9,12-13H2,1H3. The molecule has 0 saturated carbocycles. The molecular formula is C17H23N3O. The molecule has 0 bridgehead atoms. The van der Waals surface area contributed by atoms with Crippen molar-refractivity contribution < 1.29 is 4.74 Å². The zero-order valence-electron chi connectivity index (χ0n) is 12.7. The van der Waals surface area contributed by atoms with Gasteiger partial charge in [0, 0.05) is 24.7 Å². The second kappa shape index (κ2) is 6.46. The summed E-state index contributed by atoms with van der Waals surface area (Å²) in [4.78, 5) is 5.16. The molecule has 2 aliphatic rings. The van der Waals surface area contributed by atoms with Gasteiger partial charge in [0.15, 0.2) is 0 Å². The van der Waals surface area contributed by atoms with Crippen molar-refractivity contribution in [2.24, 2.45) is 0 Å². The van der Waals surface area contributed by atoms with Crippen molar-refractivity contribution in [3.8, 4) is 11.8 Å². The molecule has 1 atom stereocenters. The van der Waals surface area contributed by atoms with E-state index in [1.807, 2.05) is 18.2 Å². The maximum Gasteiger partial charge on any atom is 0.123 e. The molecule has 2 heterocycles. The molecule has 2 saturated heterocycles. The molecule has 4 heteroatoms. The molecule has 112 valence electrons. The van der Waals surface area contributed by atoms with Gasteiger partial charge in [-0.05, 0) is 57.1 Å². The summed E-state index contributed by atoms with van der Waals surface area (Å²) in [5.41, 5.74) is 1.84. The van der Waals surface area contributed by atoms with Gasteiger partial charge in [0.2, 0.25) is 0 Å². The maximum atomic E-state index is 9.09. The Morgan fingerprint density at radius 2 is 2.14 bits per heavy atom. The Kier molecular flexibility index (Phi) is 4.42. The van der Waals surface area contributed by atoms with E-state index in [1.165, 1.54) is 32.4 Å². The summed E-state index contributed by atoms with van der Waals surface area (Å²) >= 11 is 0. The molecule has 4 nitrogen and oxygen atoms in total. The molecule has 1 aromatic rings. The first-order valence-electron chi connectivity index (χ1n) is 7.83. The number of hydrogen-bond donors (Lipinski definition) is 0. The highest BCUT2D eigenvalue weighted by Crippen LogP contribution is 2.25. The minimum absolute atomic E-state index is 0.711. The quantitative estimate of drug-likeness (QED) is 0.854. The van der Waals surface area contributed by atoms with Crippen molar-refractivity contribution in [3.63, 3.8) is 0 Å². The molecule has 1 aromatic carbocycles. The number of methoxy groups -OCH3 is 1. The second-order valence-electron chi connectivity index (χ2n) is 6.06. The highest BCUT2D eigenvalue weighted by Gasteiger charge is 2.28. The topological polar surface area (TPSA) is 39.5 Å². The minimum atomic E-state index is 0.711. The van der Waals surface area contributed by atoms with Crippen LogP contribution in [0.25, 0.3) is 0 Å². The largest absolute Gasteiger partial charge is 0.496 e. The first-order valence-corrected chi connectivity index (χ1v) is 7.83. The van der Waals surface area contributed by atoms with Crippen LogP contribution >= 0.6 is 0 Å². The molecule has 0 amide bonds. The fourth-order valence-electron chi connectivity index (χ4n) is 3.64. The third-order valence-electron chi connectivity index (χ3n) is 4.69. The normalized spacial score (nSPS) is 23.3.